The van der Waals surface area contributed by atoms with Gasteiger partial charge in [-0.2, -0.15) is 5.10 Å². The van der Waals surface area contributed by atoms with Crippen LogP contribution in [0.25, 0.3) is 10.9 Å². The first-order valence-corrected chi connectivity index (χ1v) is 10.7. The summed E-state index contributed by atoms with van der Waals surface area (Å²) in [6.45, 7) is 2.41. The number of aliphatic hydroxyl groups excluding tert-OH is 1. The number of hydrogen-bond acceptors (Lipinski definition) is 6. The maximum Gasteiger partial charge on any atom is 0.256 e. The fraction of sp³-hybridized carbons (Fsp3) is 0.435. The molecule has 5 rings (SSSR count). The van der Waals surface area contributed by atoms with Gasteiger partial charge in [-0.3, -0.25) is 9.48 Å². The number of halogens is 1. The maximum atomic E-state index is 15.1. The van der Waals surface area contributed by atoms with Crippen LogP contribution in [0.3, 0.4) is 0 Å². The average Bonchev–Trinajstić information content (AvgIpc) is 3.26. The largest absolute Gasteiger partial charge is 0.487 e. The molecule has 3 atom stereocenters. The van der Waals surface area contributed by atoms with Gasteiger partial charge in [-0.1, -0.05) is 0 Å². The van der Waals surface area contributed by atoms with Crippen LogP contribution in [-0.4, -0.2) is 69.7 Å². The minimum atomic E-state index is -1.19. The van der Waals surface area contributed by atoms with Crippen molar-refractivity contribution in [3.8, 4) is 5.75 Å². The Morgan fingerprint density at radius 3 is 2.84 bits per heavy atom. The molecule has 1 aromatic carbocycles. The number of aryl methyl sites for hydroxylation is 2. The number of fused-ring (bicyclic) bond motifs is 2. The minimum absolute atomic E-state index is 0.151. The van der Waals surface area contributed by atoms with Gasteiger partial charge in [0.05, 0.1) is 42.2 Å². The smallest absolute Gasteiger partial charge is 0.256 e. The summed E-state index contributed by atoms with van der Waals surface area (Å²) in [6, 6.07) is 6.98. The lowest BCUT2D eigenvalue weighted by Gasteiger charge is -2.36. The standard InChI is InChI=1S/C23H26FN5O3/c1-13-8-16-21(19(12-30)27(2)23(16)31)26-22(13)29-7-6-20(17(24)11-29)32-15-4-5-18-14(9-15)10-25-28(18)3/h4-5,8-10,17,19-20,30H,6-7,11-12H2,1-3H3. The second-order valence-electron chi connectivity index (χ2n) is 8.57. The Morgan fingerprint density at radius 1 is 1.28 bits per heavy atom. The SMILES string of the molecule is Cc1cc2c(nc1N1CCC(Oc3ccc4c(cnn4C)c3)C(F)C1)C(CO)N(C)C2=O. The quantitative estimate of drug-likeness (QED) is 0.672. The van der Waals surface area contributed by atoms with Gasteiger partial charge in [-0.05, 0) is 36.8 Å². The first kappa shape index (κ1) is 20.7. The second kappa shape index (κ2) is 7.74. The molecule has 1 N–H and O–H groups in total. The van der Waals surface area contributed by atoms with Crippen LogP contribution in [0.4, 0.5) is 10.2 Å². The number of aromatic nitrogens is 3. The Hall–Kier alpha value is -3.20. The fourth-order valence-corrected chi connectivity index (χ4v) is 4.69. The van der Waals surface area contributed by atoms with Crippen molar-refractivity contribution in [2.75, 3.05) is 31.6 Å². The zero-order valence-electron chi connectivity index (χ0n) is 18.3. The number of anilines is 1. The van der Waals surface area contributed by atoms with E-state index < -0.39 is 18.3 Å². The normalized spacial score (nSPS) is 23.2. The maximum absolute atomic E-state index is 15.1. The molecule has 0 aliphatic carbocycles. The zero-order chi connectivity index (χ0) is 22.6. The number of pyridine rings is 1. The van der Waals surface area contributed by atoms with E-state index in [1.54, 1.807) is 24.0 Å². The summed E-state index contributed by atoms with van der Waals surface area (Å²) in [6.07, 6.45) is 0.530. The number of benzene rings is 1. The molecule has 8 nitrogen and oxygen atoms in total. The molecule has 3 unspecified atom stereocenters. The molecule has 2 aliphatic rings. The lowest BCUT2D eigenvalue weighted by molar-refractivity contribution is 0.0714. The van der Waals surface area contributed by atoms with Gasteiger partial charge in [0.1, 0.15) is 17.7 Å². The summed E-state index contributed by atoms with van der Waals surface area (Å²) < 4.78 is 22.9. The number of carbonyl (C=O) groups is 1. The fourth-order valence-electron chi connectivity index (χ4n) is 4.69. The molecule has 32 heavy (non-hydrogen) atoms. The van der Waals surface area contributed by atoms with E-state index in [1.165, 1.54) is 4.90 Å². The number of rotatable bonds is 4. The summed E-state index contributed by atoms with van der Waals surface area (Å²) >= 11 is 0. The van der Waals surface area contributed by atoms with Crippen molar-refractivity contribution in [1.82, 2.24) is 19.7 Å². The molecule has 1 saturated heterocycles. The second-order valence-corrected chi connectivity index (χ2v) is 8.57. The predicted octanol–water partition coefficient (Wildman–Crippen LogP) is 2.39. The summed E-state index contributed by atoms with van der Waals surface area (Å²) in [5.41, 5.74) is 2.87. The number of carbonyl (C=O) groups excluding carboxylic acids is 1. The molecule has 2 aromatic heterocycles. The summed E-state index contributed by atoms with van der Waals surface area (Å²) in [5, 5.41) is 14.9. The van der Waals surface area contributed by atoms with E-state index in [-0.39, 0.29) is 19.1 Å². The number of likely N-dealkylation sites (N-methyl/N-ethyl adjacent to an activating group) is 1. The van der Waals surface area contributed by atoms with E-state index in [4.69, 9.17) is 9.72 Å². The molecule has 0 saturated carbocycles. The number of hydrogen-bond donors (Lipinski definition) is 1. The number of aliphatic hydroxyl groups is 1. The Bertz CT molecular complexity index is 1200. The molecular weight excluding hydrogens is 413 g/mol. The molecule has 2 aliphatic heterocycles. The van der Waals surface area contributed by atoms with Gasteiger partial charge in [0.25, 0.3) is 5.91 Å². The third kappa shape index (κ3) is 3.28. The third-order valence-electron chi connectivity index (χ3n) is 6.51. The molecule has 3 aromatic rings. The van der Waals surface area contributed by atoms with E-state index in [9.17, 15) is 9.90 Å². The van der Waals surface area contributed by atoms with E-state index >= 15 is 4.39 Å². The van der Waals surface area contributed by atoms with Crippen molar-refractivity contribution in [3.05, 3.63) is 47.3 Å². The Labute approximate surface area is 185 Å². The summed E-state index contributed by atoms with van der Waals surface area (Å²) in [4.78, 5) is 20.5. The van der Waals surface area contributed by atoms with Crippen molar-refractivity contribution in [3.63, 3.8) is 0 Å². The van der Waals surface area contributed by atoms with Gasteiger partial charge in [0, 0.05) is 32.4 Å². The third-order valence-corrected chi connectivity index (χ3v) is 6.51. The van der Waals surface area contributed by atoms with Crippen LogP contribution in [-0.2, 0) is 7.05 Å². The van der Waals surface area contributed by atoms with Crippen LogP contribution in [0, 0.1) is 6.92 Å². The summed E-state index contributed by atoms with van der Waals surface area (Å²) in [7, 11) is 3.53. The van der Waals surface area contributed by atoms with E-state index in [0.29, 0.717) is 35.8 Å². The van der Waals surface area contributed by atoms with Crippen LogP contribution in [0.15, 0.2) is 30.5 Å². The van der Waals surface area contributed by atoms with Crippen molar-refractivity contribution in [2.24, 2.45) is 7.05 Å². The Balaban J connectivity index is 1.33. The number of nitrogens with zero attached hydrogens (tertiary/aromatic N) is 5. The van der Waals surface area contributed by atoms with Crippen molar-refractivity contribution < 1.29 is 19.0 Å². The molecule has 1 fully saturated rings. The monoisotopic (exact) mass is 439 g/mol. The highest BCUT2D eigenvalue weighted by Gasteiger charge is 2.38. The van der Waals surface area contributed by atoms with Crippen molar-refractivity contribution in [2.45, 2.75) is 31.7 Å². The Morgan fingerprint density at radius 2 is 2.09 bits per heavy atom. The van der Waals surface area contributed by atoms with Gasteiger partial charge >= 0.3 is 0 Å². The van der Waals surface area contributed by atoms with Gasteiger partial charge in [-0.25, -0.2) is 9.37 Å². The highest BCUT2D eigenvalue weighted by atomic mass is 19.1. The Kier molecular flexibility index (Phi) is 5.00. The van der Waals surface area contributed by atoms with Crippen LogP contribution < -0.4 is 9.64 Å². The number of ether oxygens (including phenoxy) is 1. The van der Waals surface area contributed by atoms with E-state index in [1.807, 2.05) is 37.1 Å². The van der Waals surface area contributed by atoms with Gasteiger partial charge < -0.3 is 19.6 Å². The van der Waals surface area contributed by atoms with E-state index in [0.717, 1.165) is 16.5 Å². The minimum Gasteiger partial charge on any atom is -0.487 e. The molecule has 0 bridgehead atoms. The van der Waals surface area contributed by atoms with Crippen LogP contribution >= 0.6 is 0 Å². The molecule has 9 heteroatoms. The van der Waals surface area contributed by atoms with Crippen LogP contribution in [0.5, 0.6) is 5.75 Å². The zero-order valence-corrected chi connectivity index (χ0v) is 18.3. The van der Waals surface area contributed by atoms with Crippen LogP contribution in [0.1, 0.15) is 34.1 Å². The molecule has 4 heterocycles. The first-order valence-electron chi connectivity index (χ1n) is 10.7. The summed E-state index contributed by atoms with van der Waals surface area (Å²) in [5.74, 6) is 1.14. The number of alkyl halides is 1. The molecular formula is C23H26FN5O3. The molecule has 1 amide bonds. The highest BCUT2D eigenvalue weighted by Crippen LogP contribution is 2.35. The average molecular weight is 439 g/mol. The van der Waals surface area contributed by atoms with Gasteiger partial charge in [0.15, 0.2) is 6.17 Å². The topological polar surface area (TPSA) is 83.7 Å². The van der Waals surface area contributed by atoms with Gasteiger partial charge in [-0.15, -0.1) is 0 Å². The highest BCUT2D eigenvalue weighted by molar-refractivity contribution is 5.99. The lowest BCUT2D eigenvalue weighted by atomic mass is 10.0. The molecule has 0 spiro atoms. The first-order chi connectivity index (χ1) is 15.4. The predicted molar refractivity (Wildman–Crippen MR) is 118 cm³/mol. The van der Waals surface area contributed by atoms with Crippen molar-refractivity contribution in [1.29, 1.82) is 0 Å². The van der Waals surface area contributed by atoms with Crippen molar-refractivity contribution >= 4 is 22.6 Å². The lowest BCUT2D eigenvalue weighted by Crippen LogP contribution is -2.47. The number of amides is 1. The van der Waals surface area contributed by atoms with Gasteiger partial charge in [0.2, 0.25) is 0 Å². The molecule has 0 radical (unpaired) electrons. The molecule has 168 valence electrons. The number of piperidine rings is 1. The van der Waals surface area contributed by atoms with Crippen LogP contribution in [0.2, 0.25) is 0 Å². The van der Waals surface area contributed by atoms with E-state index in [2.05, 4.69) is 5.10 Å².